The molecule has 0 saturated carbocycles. The number of nitrogens with zero attached hydrogens (tertiary/aromatic N) is 3. The number of benzene rings is 1. The molecule has 27 heavy (non-hydrogen) atoms. The highest BCUT2D eigenvalue weighted by Gasteiger charge is 2.33. The van der Waals surface area contributed by atoms with E-state index in [0.717, 1.165) is 0 Å². The van der Waals surface area contributed by atoms with Crippen molar-refractivity contribution in [3.05, 3.63) is 28.3 Å². The number of ether oxygens (including phenoxy) is 1. The van der Waals surface area contributed by atoms with Gasteiger partial charge in [-0.15, -0.1) is 11.6 Å². The van der Waals surface area contributed by atoms with Crippen LogP contribution in [-0.4, -0.2) is 41.5 Å². The van der Waals surface area contributed by atoms with Gasteiger partial charge in [0.15, 0.2) is 0 Å². The largest absolute Gasteiger partial charge is 0.443 e. The van der Waals surface area contributed by atoms with Crippen molar-refractivity contribution in [2.45, 2.75) is 45.6 Å². The summed E-state index contributed by atoms with van der Waals surface area (Å²) in [7, 11) is 0. The number of hydrogen-bond donors (Lipinski definition) is 0. The standard InChI is InChI=1S/C18H24ClN3O5/c1-18(2,3)27-17(24)21-11-10-20(16(23)6-4-5-9-19)15-12-13(22(25)26)7-8-14(15)21/h7-8,12H,4-6,9-11H2,1-3H3. The third-order valence-electron chi connectivity index (χ3n) is 3.99. The summed E-state index contributed by atoms with van der Waals surface area (Å²) in [5.41, 5.74) is -0.0469. The predicted octanol–water partition coefficient (Wildman–Crippen LogP) is 4.09. The molecule has 0 atom stereocenters. The van der Waals surface area contributed by atoms with Crippen LogP contribution in [0.5, 0.6) is 0 Å². The molecular formula is C18H24ClN3O5. The Morgan fingerprint density at radius 2 is 1.85 bits per heavy atom. The fraction of sp³-hybridized carbons (Fsp3) is 0.556. The van der Waals surface area contributed by atoms with E-state index in [0.29, 0.717) is 36.5 Å². The van der Waals surface area contributed by atoms with Crippen LogP contribution in [0.1, 0.15) is 40.0 Å². The number of carbonyl (C=O) groups is 2. The highest BCUT2D eigenvalue weighted by molar-refractivity contribution is 6.17. The predicted molar refractivity (Wildman–Crippen MR) is 104 cm³/mol. The third-order valence-corrected chi connectivity index (χ3v) is 4.26. The lowest BCUT2D eigenvalue weighted by Crippen LogP contribution is -2.47. The Kier molecular flexibility index (Phi) is 6.64. The fourth-order valence-electron chi connectivity index (χ4n) is 2.78. The van der Waals surface area contributed by atoms with E-state index in [2.05, 4.69) is 0 Å². The van der Waals surface area contributed by atoms with Crippen molar-refractivity contribution in [1.29, 1.82) is 0 Å². The van der Waals surface area contributed by atoms with Gasteiger partial charge in [0.2, 0.25) is 5.91 Å². The quantitative estimate of drug-likeness (QED) is 0.323. The number of rotatable bonds is 5. The summed E-state index contributed by atoms with van der Waals surface area (Å²) < 4.78 is 5.42. The topological polar surface area (TPSA) is 93.0 Å². The van der Waals surface area contributed by atoms with E-state index in [1.165, 1.54) is 28.0 Å². The number of halogens is 1. The monoisotopic (exact) mass is 397 g/mol. The van der Waals surface area contributed by atoms with Crippen LogP contribution in [0.3, 0.4) is 0 Å². The first kappa shape index (κ1) is 21.0. The van der Waals surface area contributed by atoms with Crippen molar-refractivity contribution in [2.75, 3.05) is 28.8 Å². The average molecular weight is 398 g/mol. The van der Waals surface area contributed by atoms with Gasteiger partial charge in [0.1, 0.15) is 5.60 Å². The van der Waals surface area contributed by atoms with E-state index in [1.54, 1.807) is 20.8 Å². The minimum Gasteiger partial charge on any atom is -0.443 e. The number of nitro groups is 1. The Hall–Kier alpha value is -2.35. The Bertz CT molecular complexity index is 732. The molecule has 0 bridgehead atoms. The summed E-state index contributed by atoms with van der Waals surface area (Å²) in [6.45, 7) is 5.78. The Morgan fingerprint density at radius 3 is 2.44 bits per heavy atom. The molecule has 1 aliphatic rings. The van der Waals surface area contributed by atoms with Gasteiger partial charge in [0.05, 0.1) is 16.3 Å². The lowest BCUT2D eigenvalue weighted by molar-refractivity contribution is -0.384. The summed E-state index contributed by atoms with van der Waals surface area (Å²) in [6.07, 6.45) is 1.10. The summed E-state index contributed by atoms with van der Waals surface area (Å²) in [6, 6.07) is 4.12. The van der Waals surface area contributed by atoms with E-state index in [9.17, 15) is 19.7 Å². The number of unbranched alkanes of at least 4 members (excludes halogenated alkanes) is 1. The van der Waals surface area contributed by atoms with Crippen molar-refractivity contribution in [1.82, 2.24) is 0 Å². The molecular weight excluding hydrogens is 374 g/mol. The van der Waals surface area contributed by atoms with Crippen LogP contribution in [0, 0.1) is 10.1 Å². The maximum Gasteiger partial charge on any atom is 0.414 e. The highest BCUT2D eigenvalue weighted by atomic mass is 35.5. The van der Waals surface area contributed by atoms with Crippen LogP contribution in [0.15, 0.2) is 18.2 Å². The zero-order chi connectivity index (χ0) is 20.2. The maximum absolute atomic E-state index is 12.6. The summed E-state index contributed by atoms with van der Waals surface area (Å²) >= 11 is 5.66. The molecule has 9 heteroatoms. The van der Waals surface area contributed by atoms with Crippen LogP contribution >= 0.6 is 11.6 Å². The zero-order valence-electron chi connectivity index (χ0n) is 15.7. The molecule has 1 aromatic rings. The van der Waals surface area contributed by atoms with Crippen LogP contribution in [0.2, 0.25) is 0 Å². The van der Waals surface area contributed by atoms with Gasteiger partial charge in [0.25, 0.3) is 5.69 Å². The van der Waals surface area contributed by atoms with Crippen LogP contribution in [0.25, 0.3) is 0 Å². The molecule has 1 aliphatic heterocycles. The minimum atomic E-state index is -0.674. The first-order valence-corrected chi connectivity index (χ1v) is 9.33. The van der Waals surface area contributed by atoms with Crippen molar-refractivity contribution in [3.8, 4) is 0 Å². The Balaban J connectivity index is 2.35. The van der Waals surface area contributed by atoms with Crippen molar-refractivity contribution < 1.29 is 19.2 Å². The summed E-state index contributed by atoms with van der Waals surface area (Å²) in [5.74, 6) is 0.326. The summed E-state index contributed by atoms with van der Waals surface area (Å²) in [5, 5.41) is 11.2. The molecule has 1 heterocycles. The van der Waals surface area contributed by atoms with Gasteiger partial charge in [-0.3, -0.25) is 19.8 Å². The molecule has 1 aromatic carbocycles. The molecule has 0 unspecified atom stereocenters. The van der Waals surface area contributed by atoms with Gasteiger partial charge in [0, 0.05) is 37.5 Å². The molecule has 0 fully saturated rings. The number of amides is 2. The number of anilines is 2. The van der Waals surface area contributed by atoms with Gasteiger partial charge in [-0.1, -0.05) is 0 Å². The second kappa shape index (κ2) is 8.56. The van der Waals surface area contributed by atoms with Gasteiger partial charge < -0.3 is 9.64 Å². The lowest BCUT2D eigenvalue weighted by Gasteiger charge is -2.37. The van der Waals surface area contributed by atoms with Gasteiger partial charge in [-0.2, -0.15) is 0 Å². The van der Waals surface area contributed by atoms with Crippen LogP contribution < -0.4 is 9.80 Å². The number of non-ortho nitro benzene ring substituents is 1. The molecule has 0 saturated heterocycles. The molecule has 2 rings (SSSR count). The van der Waals surface area contributed by atoms with Crippen LogP contribution in [0.4, 0.5) is 21.9 Å². The average Bonchev–Trinajstić information content (AvgIpc) is 2.58. The van der Waals surface area contributed by atoms with E-state index >= 15 is 0 Å². The molecule has 0 N–H and O–H groups in total. The summed E-state index contributed by atoms with van der Waals surface area (Å²) in [4.78, 5) is 38.7. The normalized spacial score (nSPS) is 13.9. The molecule has 0 aromatic heterocycles. The second-order valence-corrected chi connectivity index (χ2v) is 7.63. The number of hydrogen-bond acceptors (Lipinski definition) is 5. The highest BCUT2D eigenvalue weighted by Crippen LogP contribution is 2.37. The van der Waals surface area contributed by atoms with E-state index in [1.807, 2.05) is 0 Å². The smallest absolute Gasteiger partial charge is 0.414 e. The molecule has 0 spiro atoms. The zero-order valence-corrected chi connectivity index (χ0v) is 16.5. The first-order valence-electron chi connectivity index (χ1n) is 8.79. The van der Waals surface area contributed by atoms with Crippen molar-refractivity contribution >= 4 is 40.7 Å². The van der Waals surface area contributed by atoms with Crippen molar-refractivity contribution in [3.63, 3.8) is 0 Å². The second-order valence-electron chi connectivity index (χ2n) is 7.25. The SMILES string of the molecule is CC(C)(C)OC(=O)N1CCN(C(=O)CCCCCl)c2cc([N+](=O)[O-])ccc21. The molecule has 2 amide bonds. The van der Waals surface area contributed by atoms with Gasteiger partial charge in [-0.25, -0.2) is 4.79 Å². The molecule has 0 radical (unpaired) electrons. The minimum absolute atomic E-state index is 0.140. The number of nitro benzene ring substituents is 1. The fourth-order valence-corrected chi connectivity index (χ4v) is 2.97. The molecule has 148 valence electrons. The number of carbonyl (C=O) groups excluding carboxylic acids is 2. The van der Waals surface area contributed by atoms with E-state index < -0.39 is 16.6 Å². The Morgan fingerprint density at radius 1 is 1.19 bits per heavy atom. The van der Waals surface area contributed by atoms with Crippen LogP contribution in [-0.2, 0) is 9.53 Å². The number of fused-ring (bicyclic) bond motifs is 1. The van der Waals surface area contributed by atoms with E-state index in [-0.39, 0.29) is 24.7 Å². The third kappa shape index (κ3) is 5.32. The van der Waals surface area contributed by atoms with Gasteiger partial charge >= 0.3 is 6.09 Å². The number of alkyl halides is 1. The molecule has 8 nitrogen and oxygen atoms in total. The van der Waals surface area contributed by atoms with E-state index in [4.69, 9.17) is 16.3 Å². The van der Waals surface area contributed by atoms with Gasteiger partial charge in [-0.05, 0) is 39.7 Å². The first-order chi connectivity index (χ1) is 12.6. The lowest BCUT2D eigenvalue weighted by atomic mass is 10.1. The Labute approximate surface area is 163 Å². The van der Waals surface area contributed by atoms with Crippen molar-refractivity contribution in [2.24, 2.45) is 0 Å². The molecule has 0 aliphatic carbocycles. The maximum atomic E-state index is 12.6.